The van der Waals surface area contributed by atoms with Crippen molar-refractivity contribution in [3.63, 3.8) is 0 Å². The van der Waals surface area contributed by atoms with E-state index in [0.29, 0.717) is 0 Å². The molecule has 1 unspecified atom stereocenters. The van der Waals surface area contributed by atoms with Crippen LogP contribution < -0.4 is 5.73 Å². The fourth-order valence-corrected chi connectivity index (χ4v) is 2.61. The highest BCUT2D eigenvalue weighted by Crippen LogP contribution is 2.28. The summed E-state index contributed by atoms with van der Waals surface area (Å²) in [5.74, 6) is 1.92. The van der Waals surface area contributed by atoms with Crippen LogP contribution in [0.3, 0.4) is 0 Å². The van der Waals surface area contributed by atoms with Gasteiger partial charge < -0.3 is 5.73 Å². The van der Waals surface area contributed by atoms with Crippen LogP contribution in [0.25, 0.3) is 0 Å². The molecule has 0 saturated carbocycles. The molecular formula is C11H16INS. The average molecular weight is 321 g/mol. The van der Waals surface area contributed by atoms with E-state index in [1.807, 2.05) is 17.8 Å². The zero-order chi connectivity index (χ0) is 10.6. The van der Waals surface area contributed by atoms with E-state index in [1.54, 1.807) is 0 Å². The lowest BCUT2D eigenvalue weighted by Crippen LogP contribution is -1.97. The highest BCUT2D eigenvalue weighted by atomic mass is 127. The van der Waals surface area contributed by atoms with Crippen LogP contribution in [0.15, 0.2) is 23.1 Å². The van der Waals surface area contributed by atoms with Crippen LogP contribution in [0.1, 0.15) is 20.3 Å². The van der Waals surface area contributed by atoms with Gasteiger partial charge in [0.1, 0.15) is 0 Å². The van der Waals surface area contributed by atoms with Crippen molar-refractivity contribution < 1.29 is 0 Å². The molecule has 1 nitrogen and oxygen atoms in total. The third kappa shape index (κ3) is 3.69. The Morgan fingerprint density at radius 2 is 2.21 bits per heavy atom. The molecule has 1 aromatic carbocycles. The maximum atomic E-state index is 5.92. The molecule has 3 heteroatoms. The second kappa shape index (κ2) is 5.85. The second-order valence-electron chi connectivity index (χ2n) is 3.51. The first-order valence-corrected chi connectivity index (χ1v) is 6.87. The van der Waals surface area contributed by atoms with Gasteiger partial charge in [0.25, 0.3) is 0 Å². The highest BCUT2D eigenvalue weighted by Gasteiger charge is 2.03. The van der Waals surface area contributed by atoms with Crippen molar-refractivity contribution in [3.05, 3.63) is 21.8 Å². The Balaban J connectivity index is 2.59. The number of nitrogens with two attached hydrogens (primary N) is 1. The minimum absolute atomic E-state index is 0.763. The minimum Gasteiger partial charge on any atom is -0.398 e. The molecule has 0 spiro atoms. The predicted molar refractivity (Wildman–Crippen MR) is 73.8 cm³/mol. The summed E-state index contributed by atoms with van der Waals surface area (Å²) in [6, 6.07) is 6.25. The standard InChI is InChI=1S/C11H16INS/c1-3-8(2)7-14-11-5-4-9(12)6-10(11)13/h4-6,8H,3,7,13H2,1-2H3. The molecular weight excluding hydrogens is 305 g/mol. The van der Waals surface area contributed by atoms with E-state index in [2.05, 4.69) is 48.6 Å². The Labute approximate surface area is 104 Å². The number of anilines is 1. The summed E-state index contributed by atoms with van der Waals surface area (Å²) >= 11 is 4.14. The third-order valence-electron chi connectivity index (χ3n) is 2.19. The van der Waals surface area contributed by atoms with Gasteiger partial charge >= 0.3 is 0 Å². The minimum atomic E-state index is 0.763. The summed E-state index contributed by atoms with van der Waals surface area (Å²) in [4.78, 5) is 1.21. The Hall–Kier alpha value is 0.1000. The molecule has 1 aromatic rings. The van der Waals surface area contributed by atoms with E-state index in [-0.39, 0.29) is 0 Å². The second-order valence-corrected chi connectivity index (χ2v) is 5.81. The number of thioether (sulfide) groups is 1. The number of rotatable bonds is 4. The van der Waals surface area contributed by atoms with Crippen LogP contribution in [-0.4, -0.2) is 5.75 Å². The van der Waals surface area contributed by atoms with E-state index >= 15 is 0 Å². The van der Waals surface area contributed by atoms with Gasteiger partial charge in [0.2, 0.25) is 0 Å². The lowest BCUT2D eigenvalue weighted by Gasteiger charge is -2.09. The molecule has 0 fully saturated rings. The molecule has 14 heavy (non-hydrogen) atoms. The number of benzene rings is 1. The normalized spacial score (nSPS) is 12.8. The van der Waals surface area contributed by atoms with Gasteiger partial charge in [-0.2, -0.15) is 0 Å². The van der Waals surface area contributed by atoms with E-state index in [4.69, 9.17) is 5.73 Å². The van der Waals surface area contributed by atoms with E-state index in [9.17, 15) is 0 Å². The summed E-state index contributed by atoms with van der Waals surface area (Å²) in [5, 5.41) is 0. The Kier molecular flexibility index (Phi) is 5.09. The summed E-state index contributed by atoms with van der Waals surface area (Å²) in [7, 11) is 0. The van der Waals surface area contributed by atoms with Gasteiger partial charge in [0.15, 0.2) is 0 Å². The average Bonchev–Trinajstić information content (AvgIpc) is 2.16. The molecule has 0 radical (unpaired) electrons. The van der Waals surface area contributed by atoms with Crippen LogP contribution in [0.4, 0.5) is 5.69 Å². The monoisotopic (exact) mass is 321 g/mol. The van der Waals surface area contributed by atoms with E-state index in [0.717, 1.165) is 17.4 Å². The van der Waals surface area contributed by atoms with E-state index in [1.165, 1.54) is 14.9 Å². The molecule has 0 bridgehead atoms. The molecule has 0 aliphatic carbocycles. The molecule has 78 valence electrons. The Morgan fingerprint density at radius 1 is 1.50 bits per heavy atom. The van der Waals surface area contributed by atoms with Gasteiger partial charge in [-0.05, 0) is 46.7 Å². The van der Waals surface area contributed by atoms with Crippen molar-refractivity contribution >= 4 is 40.0 Å². The predicted octanol–water partition coefficient (Wildman–Crippen LogP) is 4.01. The van der Waals surface area contributed by atoms with Gasteiger partial charge in [0, 0.05) is 19.9 Å². The lowest BCUT2D eigenvalue weighted by atomic mass is 10.2. The quantitative estimate of drug-likeness (QED) is 0.515. The zero-order valence-corrected chi connectivity index (χ0v) is 11.6. The Morgan fingerprint density at radius 3 is 2.79 bits per heavy atom. The maximum Gasteiger partial charge on any atom is 0.0462 e. The maximum absolute atomic E-state index is 5.92. The van der Waals surface area contributed by atoms with Gasteiger partial charge in [-0.15, -0.1) is 11.8 Å². The molecule has 1 atom stereocenters. The number of nitrogen functional groups attached to an aromatic ring is 1. The largest absolute Gasteiger partial charge is 0.398 e. The molecule has 0 aliphatic heterocycles. The van der Waals surface area contributed by atoms with Crippen LogP contribution in [0.2, 0.25) is 0 Å². The highest BCUT2D eigenvalue weighted by molar-refractivity contribution is 14.1. The first-order valence-electron chi connectivity index (χ1n) is 4.81. The zero-order valence-electron chi connectivity index (χ0n) is 8.59. The van der Waals surface area contributed by atoms with Gasteiger partial charge in [-0.25, -0.2) is 0 Å². The fourth-order valence-electron chi connectivity index (χ4n) is 1.00. The summed E-state index contributed by atoms with van der Waals surface area (Å²) in [6.07, 6.45) is 1.23. The van der Waals surface area contributed by atoms with Crippen molar-refractivity contribution in [1.82, 2.24) is 0 Å². The van der Waals surface area contributed by atoms with Crippen molar-refractivity contribution in [2.45, 2.75) is 25.2 Å². The molecule has 0 heterocycles. The lowest BCUT2D eigenvalue weighted by molar-refractivity contribution is 0.637. The molecule has 1 rings (SSSR count). The number of hydrogen-bond acceptors (Lipinski definition) is 2. The van der Waals surface area contributed by atoms with E-state index < -0.39 is 0 Å². The van der Waals surface area contributed by atoms with Crippen molar-refractivity contribution in [2.75, 3.05) is 11.5 Å². The van der Waals surface area contributed by atoms with Gasteiger partial charge in [-0.1, -0.05) is 20.3 Å². The first-order chi connectivity index (χ1) is 6.63. The number of hydrogen-bond donors (Lipinski definition) is 1. The SMILES string of the molecule is CCC(C)CSc1ccc(I)cc1N. The fraction of sp³-hybridized carbons (Fsp3) is 0.455. The Bertz CT molecular complexity index is 301. The van der Waals surface area contributed by atoms with Crippen LogP contribution in [0.5, 0.6) is 0 Å². The van der Waals surface area contributed by atoms with Gasteiger partial charge in [-0.3, -0.25) is 0 Å². The van der Waals surface area contributed by atoms with Crippen LogP contribution in [-0.2, 0) is 0 Å². The molecule has 0 amide bonds. The molecule has 2 N–H and O–H groups in total. The van der Waals surface area contributed by atoms with Crippen molar-refractivity contribution in [2.24, 2.45) is 5.92 Å². The van der Waals surface area contributed by atoms with Crippen LogP contribution >= 0.6 is 34.4 Å². The molecule has 0 aliphatic rings. The molecule has 0 saturated heterocycles. The summed E-state index contributed by atoms with van der Waals surface area (Å²) < 4.78 is 1.20. The summed E-state index contributed by atoms with van der Waals surface area (Å²) in [6.45, 7) is 4.50. The number of halogens is 1. The first kappa shape index (κ1) is 12.2. The van der Waals surface area contributed by atoms with Gasteiger partial charge in [0.05, 0.1) is 0 Å². The third-order valence-corrected chi connectivity index (χ3v) is 4.28. The molecule has 0 aromatic heterocycles. The smallest absolute Gasteiger partial charge is 0.0462 e. The summed E-state index contributed by atoms with van der Waals surface area (Å²) in [5.41, 5.74) is 6.83. The van der Waals surface area contributed by atoms with Crippen molar-refractivity contribution in [1.29, 1.82) is 0 Å². The van der Waals surface area contributed by atoms with Crippen molar-refractivity contribution in [3.8, 4) is 0 Å². The van der Waals surface area contributed by atoms with Crippen LogP contribution in [0, 0.1) is 9.49 Å². The topological polar surface area (TPSA) is 26.0 Å².